The van der Waals surface area contributed by atoms with Gasteiger partial charge in [0.25, 0.3) is 0 Å². The molecule has 88 valence electrons. The third-order valence-electron chi connectivity index (χ3n) is 3.65. The number of rotatable bonds is 1. The molecule has 0 radical (unpaired) electrons. The first-order valence-corrected chi connectivity index (χ1v) is 6.29. The Balaban J connectivity index is 1.92. The van der Waals surface area contributed by atoms with E-state index in [0.29, 0.717) is 0 Å². The predicted octanol–water partition coefficient (Wildman–Crippen LogP) is 2.12. The maximum Gasteiger partial charge on any atom is 0.230 e. The van der Waals surface area contributed by atoms with Crippen molar-refractivity contribution in [3.63, 3.8) is 0 Å². The van der Waals surface area contributed by atoms with Gasteiger partial charge in [0, 0.05) is 5.56 Å². The molecule has 1 fully saturated rings. The number of amidine groups is 1. The molecule has 0 bridgehead atoms. The van der Waals surface area contributed by atoms with E-state index in [4.69, 9.17) is 4.99 Å². The number of benzene rings is 1. The van der Waals surface area contributed by atoms with Gasteiger partial charge >= 0.3 is 0 Å². The van der Waals surface area contributed by atoms with E-state index in [1.165, 1.54) is 6.42 Å². The maximum atomic E-state index is 12.0. The molecule has 1 amide bonds. The van der Waals surface area contributed by atoms with Gasteiger partial charge in [-0.25, -0.2) is 0 Å². The zero-order valence-corrected chi connectivity index (χ0v) is 9.73. The lowest BCUT2D eigenvalue weighted by molar-refractivity contribution is -0.125. The predicted molar refractivity (Wildman–Crippen MR) is 66.9 cm³/mol. The molecule has 2 aliphatic rings. The highest BCUT2D eigenvalue weighted by Crippen LogP contribution is 2.29. The van der Waals surface area contributed by atoms with Crippen LogP contribution in [0.4, 0.5) is 0 Å². The molecule has 2 unspecified atom stereocenters. The van der Waals surface area contributed by atoms with Gasteiger partial charge in [0.15, 0.2) is 0 Å². The Bertz CT molecular complexity index is 453. The van der Waals surface area contributed by atoms with Crippen LogP contribution in [0.3, 0.4) is 0 Å². The van der Waals surface area contributed by atoms with Crippen molar-refractivity contribution in [2.24, 2.45) is 10.9 Å². The summed E-state index contributed by atoms with van der Waals surface area (Å²) in [5, 5.41) is 2.94. The Morgan fingerprint density at radius 3 is 2.71 bits per heavy atom. The maximum absolute atomic E-state index is 12.0. The van der Waals surface area contributed by atoms with E-state index >= 15 is 0 Å². The van der Waals surface area contributed by atoms with E-state index in [0.717, 1.165) is 30.7 Å². The molecule has 2 atom stereocenters. The minimum atomic E-state index is 0.108. The highest BCUT2D eigenvalue weighted by molar-refractivity contribution is 6.10. The summed E-state index contributed by atoms with van der Waals surface area (Å²) in [5.41, 5.74) is 1.00. The summed E-state index contributed by atoms with van der Waals surface area (Å²) in [4.78, 5) is 16.7. The van der Waals surface area contributed by atoms with Crippen LogP contribution in [-0.4, -0.2) is 17.8 Å². The normalized spacial score (nSPS) is 28.0. The molecule has 0 aromatic heterocycles. The van der Waals surface area contributed by atoms with Crippen LogP contribution < -0.4 is 5.32 Å². The van der Waals surface area contributed by atoms with Gasteiger partial charge in [-0.05, 0) is 12.8 Å². The van der Waals surface area contributed by atoms with Crippen molar-refractivity contribution in [2.75, 3.05) is 0 Å². The smallest absolute Gasteiger partial charge is 0.230 e. The van der Waals surface area contributed by atoms with Gasteiger partial charge in [-0.15, -0.1) is 0 Å². The number of nitrogens with one attached hydrogen (secondary N) is 1. The number of carbonyl (C=O) groups excluding carboxylic acids is 1. The summed E-state index contributed by atoms with van der Waals surface area (Å²) in [5.74, 6) is 1.01. The van der Waals surface area contributed by atoms with Gasteiger partial charge in [-0.1, -0.05) is 43.2 Å². The van der Waals surface area contributed by atoms with Gasteiger partial charge in [0.05, 0.1) is 12.0 Å². The van der Waals surface area contributed by atoms with E-state index in [1.807, 2.05) is 30.3 Å². The monoisotopic (exact) mass is 228 g/mol. The number of carbonyl (C=O) groups is 1. The zero-order chi connectivity index (χ0) is 11.7. The third-order valence-corrected chi connectivity index (χ3v) is 3.65. The van der Waals surface area contributed by atoms with Crippen molar-refractivity contribution in [1.29, 1.82) is 0 Å². The molecule has 1 aliphatic heterocycles. The Morgan fingerprint density at radius 2 is 1.88 bits per heavy atom. The Labute approximate surface area is 101 Å². The first-order chi connectivity index (χ1) is 8.34. The quantitative estimate of drug-likeness (QED) is 0.786. The molecule has 1 saturated carbocycles. The number of nitrogens with zero attached hydrogens (tertiary/aromatic N) is 1. The zero-order valence-electron chi connectivity index (χ0n) is 9.73. The van der Waals surface area contributed by atoms with Crippen molar-refractivity contribution in [3.8, 4) is 0 Å². The van der Waals surface area contributed by atoms with Crippen molar-refractivity contribution in [2.45, 2.75) is 31.7 Å². The molecule has 0 spiro atoms. The molecular weight excluding hydrogens is 212 g/mol. The lowest BCUT2D eigenvalue weighted by atomic mass is 9.83. The van der Waals surface area contributed by atoms with Gasteiger partial charge in [0.1, 0.15) is 5.84 Å². The lowest BCUT2D eigenvalue weighted by Crippen LogP contribution is -2.47. The van der Waals surface area contributed by atoms with Gasteiger partial charge in [-0.3, -0.25) is 9.79 Å². The molecule has 3 rings (SSSR count). The largest absolute Gasteiger partial charge is 0.310 e. The first kappa shape index (κ1) is 10.5. The van der Waals surface area contributed by atoms with Crippen LogP contribution in [0.1, 0.15) is 31.2 Å². The molecular formula is C14H16N2O. The minimum absolute atomic E-state index is 0.108. The van der Waals surface area contributed by atoms with Crippen molar-refractivity contribution in [3.05, 3.63) is 35.9 Å². The average Bonchev–Trinajstić information content (AvgIpc) is 2.40. The van der Waals surface area contributed by atoms with Crippen LogP contribution in [0.15, 0.2) is 35.3 Å². The van der Waals surface area contributed by atoms with E-state index in [-0.39, 0.29) is 17.9 Å². The highest BCUT2D eigenvalue weighted by Gasteiger charge is 2.34. The molecule has 1 aromatic carbocycles. The molecule has 1 aliphatic carbocycles. The van der Waals surface area contributed by atoms with Crippen molar-refractivity contribution in [1.82, 2.24) is 5.32 Å². The number of amides is 1. The molecule has 1 heterocycles. The fourth-order valence-electron chi connectivity index (χ4n) is 2.72. The second kappa shape index (κ2) is 4.32. The number of aliphatic imine (C=N–C) groups is 1. The highest BCUT2D eigenvalue weighted by atomic mass is 16.2. The fourth-order valence-corrected chi connectivity index (χ4v) is 2.72. The number of fused-ring (bicyclic) bond motifs is 1. The molecule has 1 aromatic rings. The molecule has 0 saturated heterocycles. The lowest BCUT2D eigenvalue weighted by Gasteiger charge is -2.32. The van der Waals surface area contributed by atoms with Crippen LogP contribution >= 0.6 is 0 Å². The fraction of sp³-hybridized carbons (Fsp3) is 0.429. The van der Waals surface area contributed by atoms with E-state index in [2.05, 4.69) is 5.32 Å². The second-order valence-electron chi connectivity index (χ2n) is 4.79. The molecule has 3 nitrogen and oxygen atoms in total. The van der Waals surface area contributed by atoms with Gasteiger partial charge in [0.2, 0.25) is 5.91 Å². The summed E-state index contributed by atoms with van der Waals surface area (Å²) in [6.45, 7) is 0. The van der Waals surface area contributed by atoms with E-state index < -0.39 is 0 Å². The third kappa shape index (κ3) is 1.97. The van der Waals surface area contributed by atoms with Crippen LogP contribution in [0.25, 0.3) is 0 Å². The van der Waals surface area contributed by atoms with Crippen molar-refractivity contribution >= 4 is 11.7 Å². The van der Waals surface area contributed by atoms with Crippen molar-refractivity contribution < 1.29 is 4.79 Å². The van der Waals surface area contributed by atoms with Gasteiger partial charge in [-0.2, -0.15) is 0 Å². The second-order valence-corrected chi connectivity index (χ2v) is 4.79. The summed E-state index contributed by atoms with van der Waals surface area (Å²) in [6.07, 6.45) is 4.39. The SMILES string of the molecule is O=C1NC(c2ccccc2)=NC2CCCCC12. The summed E-state index contributed by atoms with van der Waals surface area (Å²) >= 11 is 0. The topological polar surface area (TPSA) is 41.5 Å². The average molecular weight is 228 g/mol. The standard InChI is InChI=1S/C14H16N2O/c17-14-11-8-4-5-9-12(11)15-13(16-14)10-6-2-1-3-7-10/h1-3,6-7,11-12H,4-5,8-9H2,(H,15,16,17). The summed E-state index contributed by atoms with van der Waals surface area (Å²) < 4.78 is 0. The van der Waals surface area contributed by atoms with E-state index in [9.17, 15) is 4.79 Å². The Kier molecular flexibility index (Phi) is 2.67. The summed E-state index contributed by atoms with van der Waals surface area (Å²) in [7, 11) is 0. The van der Waals surface area contributed by atoms with Crippen LogP contribution in [0, 0.1) is 5.92 Å². The van der Waals surface area contributed by atoms with Crippen LogP contribution in [-0.2, 0) is 4.79 Å². The number of hydrogen-bond donors (Lipinski definition) is 1. The Hall–Kier alpha value is -1.64. The minimum Gasteiger partial charge on any atom is -0.310 e. The Morgan fingerprint density at radius 1 is 1.12 bits per heavy atom. The molecule has 1 N–H and O–H groups in total. The van der Waals surface area contributed by atoms with Gasteiger partial charge < -0.3 is 5.32 Å². The molecule has 17 heavy (non-hydrogen) atoms. The molecule has 3 heteroatoms. The van der Waals surface area contributed by atoms with E-state index in [1.54, 1.807) is 0 Å². The number of hydrogen-bond acceptors (Lipinski definition) is 2. The van der Waals surface area contributed by atoms with Crippen LogP contribution in [0.5, 0.6) is 0 Å². The van der Waals surface area contributed by atoms with Crippen LogP contribution in [0.2, 0.25) is 0 Å². The first-order valence-electron chi connectivity index (χ1n) is 6.29. The summed E-state index contributed by atoms with van der Waals surface area (Å²) in [6, 6.07) is 10.1.